The fraction of sp³-hybridized carbons (Fsp3) is 0.429. The van der Waals surface area contributed by atoms with Crippen LogP contribution < -0.4 is 22.3 Å². The number of anilines is 3. The zero-order chi connectivity index (χ0) is 13.8. The van der Waals surface area contributed by atoms with E-state index in [9.17, 15) is 9.36 Å². The van der Waals surface area contributed by atoms with Crippen molar-refractivity contribution >= 4 is 25.0 Å². The molecule has 18 heavy (non-hydrogen) atoms. The molecule has 0 fully saturated rings. The van der Waals surface area contributed by atoms with Gasteiger partial charge in [0.05, 0.1) is 6.61 Å². The summed E-state index contributed by atoms with van der Waals surface area (Å²) >= 11 is 0. The van der Waals surface area contributed by atoms with Gasteiger partial charge in [-0.3, -0.25) is 14.3 Å². The van der Waals surface area contributed by atoms with Crippen molar-refractivity contribution in [2.75, 3.05) is 36.3 Å². The molecule has 1 rings (SSSR count). The standard InChI is InChI=1S/C7H14N5O5P/c8-4-5(11-7(9)12-6(4)13)10-1-2-17-3-18(14,15)16/h1-3,8H2,(H2,14,15,16)(H4,9,10,11,12,13). The van der Waals surface area contributed by atoms with Crippen LogP contribution in [0.25, 0.3) is 0 Å². The molecule has 0 aliphatic heterocycles. The van der Waals surface area contributed by atoms with Crippen LogP contribution in [-0.2, 0) is 9.30 Å². The number of nitrogen functional groups attached to an aromatic ring is 2. The fourth-order valence-corrected chi connectivity index (χ4v) is 1.43. The van der Waals surface area contributed by atoms with E-state index in [0.717, 1.165) is 0 Å². The van der Waals surface area contributed by atoms with Gasteiger partial charge in [0.2, 0.25) is 5.95 Å². The summed E-state index contributed by atoms with van der Waals surface area (Å²) in [5.41, 5.74) is 10.1. The number of hydrogen-bond acceptors (Lipinski definition) is 7. The number of H-pyrrole nitrogens is 1. The van der Waals surface area contributed by atoms with Gasteiger partial charge in [-0.25, -0.2) is 0 Å². The monoisotopic (exact) mass is 279 g/mol. The van der Waals surface area contributed by atoms with Crippen LogP contribution in [0.3, 0.4) is 0 Å². The molecule has 1 aromatic heterocycles. The van der Waals surface area contributed by atoms with Crippen molar-refractivity contribution in [1.82, 2.24) is 9.97 Å². The van der Waals surface area contributed by atoms with Crippen LogP contribution in [-0.4, -0.2) is 39.3 Å². The van der Waals surface area contributed by atoms with Crippen LogP contribution in [0.15, 0.2) is 4.79 Å². The average Bonchev–Trinajstić information content (AvgIpc) is 2.22. The molecule has 0 saturated carbocycles. The highest BCUT2D eigenvalue weighted by Gasteiger charge is 2.12. The van der Waals surface area contributed by atoms with Crippen LogP contribution in [0.4, 0.5) is 17.5 Å². The lowest BCUT2D eigenvalue weighted by molar-refractivity contribution is 0.167. The lowest BCUT2D eigenvalue weighted by Crippen LogP contribution is -2.20. The van der Waals surface area contributed by atoms with Crippen molar-refractivity contribution in [3.05, 3.63) is 10.4 Å². The Morgan fingerprint density at radius 3 is 2.72 bits per heavy atom. The van der Waals surface area contributed by atoms with E-state index in [1.54, 1.807) is 0 Å². The molecule has 1 aromatic rings. The normalized spacial score (nSPS) is 11.4. The van der Waals surface area contributed by atoms with Crippen LogP contribution in [0.5, 0.6) is 0 Å². The van der Waals surface area contributed by atoms with Gasteiger partial charge < -0.3 is 31.3 Å². The predicted molar refractivity (Wildman–Crippen MR) is 65.0 cm³/mol. The van der Waals surface area contributed by atoms with Gasteiger partial charge in [0.25, 0.3) is 5.56 Å². The number of ether oxygens (including phenoxy) is 1. The zero-order valence-corrected chi connectivity index (χ0v) is 10.2. The number of aromatic amines is 1. The van der Waals surface area contributed by atoms with Gasteiger partial charge >= 0.3 is 7.60 Å². The van der Waals surface area contributed by atoms with Gasteiger partial charge in [0.1, 0.15) is 12.0 Å². The van der Waals surface area contributed by atoms with E-state index in [4.69, 9.17) is 26.0 Å². The Balaban J connectivity index is 2.45. The molecular formula is C7H14N5O5P. The van der Waals surface area contributed by atoms with E-state index < -0.39 is 19.5 Å². The van der Waals surface area contributed by atoms with Crippen molar-refractivity contribution in [1.29, 1.82) is 0 Å². The van der Waals surface area contributed by atoms with Gasteiger partial charge in [-0.15, -0.1) is 0 Å². The lowest BCUT2D eigenvalue weighted by atomic mass is 10.4. The van der Waals surface area contributed by atoms with Crippen LogP contribution in [0, 0.1) is 0 Å². The lowest BCUT2D eigenvalue weighted by Gasteiger charge is -2.09. The molecule has 0 aliphatic carbocycles. The maximum Gasteiger partial charge on any atom is 0.350 e. The first-order chi connectivity index (χ1) is 8.29. The molecule has 0 spiro atoms. The van der Waals surface area contributed by atoms with Crippen molar-refractivity contribution in [2.45, 2.75) is 0 Å². The minimum absolute atomic E-state index is 0.0128. The first-order valence-electron chi connectivity index (χ1n) is 4.81. The molecule has 0 unspecified atom stereocenters. The highest BCUT2D eigenvalue weighted by molar-refractivity contribution is 7.51. The smallest absolute Gasteiger partial charge is 0.350 e. The largest absolute Gasteiger partial charge is 0.391 e. The molecule has 11 heteroatoms. The number of nitrogens with one attached hydrogen (secondary N) is 2. The summed E-state index contributed by atoms with van der Waals surface area (Å²) in [4.78, 5) is 34.2. The van der Waals surface area contributed by atoms with Crippen molar-refractivity contribution in [3.63, 3.8) is 0 Å². The Bertz CT molecular complexity index is 511. The third-order valence-electron chi connectivity index (χ3n) is 1.77. The van der Waals surface area contributed by atoms with Crippen LogP contribution in [0.2, 0.25) is 0 Å². The second-order valence-corrected chi connectivity index (χ2v) is 4.93. The zero-order valence-electron chi connectivity index (χ0n) is 9.29. The first kappa shape index (κ1) is 14.5. The van der Waals surface area contributed by atoms with Gasteiger partial charge in [-0.1, -0.05) is 0 Å². The maximum absolute atomic E-state index is 11.2. The molecule has 0 radical (unpaired) electrons. The topological polar surface area (TPSA) is 177 Å². The summed E-state index contributed by atoms with van der Waals surface area (Å²) in [6.45, 7) is 0.180. The van der Waals surface area contributed by atoms with E-state index in [1.165, 1.54) is 0 Å². The van der Waals surface area contributed by atoms with E-state index in [0.29, 0.717) is 0 Å². The molecule has 102 valence electrons. The van der Waals surface area contributed by atoms with E-state index in [-0.39, 0.29) is 30.6 Å². The number of hydrogen-bond donors (Lipinski definition) is 6. The van der Waals surface area contributed by atoms with E-state index in [2.05, 4.69) is 15.3 Å². The maximum atomic E-state index is 11.2. The molecule has 0 bridgehead atoms. The summed E-state index contributed by atoms with van der Waals surface area (Å²) in [6, 6.07) is 0. The van der Waals surface area contributed by atoms with Gasteiger partial charge in [0, 0.05) is 6.54 Å². The number of nitrogens with zero attached hydrogens (tertiary/aromatic N) is 1. The SMILES string of the molecule is Nc1nc(NCCOCP(=O)(O)O)c(N)c(=O)[nH]1. The highest BCUT2D eigenvalue weighted by atomic mass is 31.2. The molecule has 0 aromatic carbocycles. The molecule has 10 nitrogen and oxygen atoms in total. The van der Waals surface area contributed by atoms with Gasteiger partial charge in [-0.2, -0.15) is 4.98 Å². The number of nitrogens with two attached hydrogens (primary N) is 2. The molecule has 0 saturated heterocycles. The third-order valence-corrected chi connectivity index (χ3v) is 2.29. The molecule has 0 amide bonds. The Kier molecular flexibility index (Phi) is 4.68. The van der Waals surface area contributed by atoms with Crippen molar-refractivity contribution in [2.24, 2.45) is 0 Å². The second kappa shape index (κ2) is 5.83. The van der Waals surface area contributed by atoms with Gasteiger partial charge in [0.15, 0.2) is 5.82 Å². The second-order valence-electron chi connectivity index (χ2n) is 3.34. The quantitative estimate of drug-likeness (QED) is 0.267. The molecule has 0 atom stereocenters. The van der Waals surface area contributed by atoms with E-state index >= 15 is 0 Å². The van der Waals surface area contributed by atoms with Crippen LogP contribution in [0.1, 0.15) is 0 Å². The Morgan fingerprint density at radius 1 is 1.44 bits per heavy atom. The Labute approximate surface area is 102 Å². The van der Waals surface area contributed by atoms with E-state index in [1.807, 2.05) is 0 Å². The highest BCUT2D eigenvalue weighted by Crippen LogP contribution is 2.33. The number of rotatable bonds is 6. The van der Waals surface area contributed by atoms with Crippen molar-refractivity contribution in [3.8, 4) is 0 Å². The summed E-state index contributed by atoms with van der Waals surface area (Å²) in [6.07, 6.45) is -0.672. The summed E-state index contributed by atoms with van der Waals surface area (Å²) in [5, 5.41) is 2.67. The average molecular weight is 279 g/mol. The fourth-order valence-electron chi connectivity index (χ4n) is 1.06. The molecule has 1 heterocycles. The Hall–Kier alpha value is -1.61. The van der Waals surface area contributed by atoms with Crippen molar-refractivity contribution < 1.29 is 19.1 Å². The molecule has 8 N–H and O–H groups in total. The molecular weight excluding hydrogens is 265 g/mol. The third kappa shape index (κ3) is 4.72. The van der Waals surface area contributed by atoms with Gasteiger partial charge in [-0.05, 0) is 0 Å². The summed E-state index contributed by atoms with van der Waals surface area (Å²) in [7, 11) is -4.17. The first-order valence-corrected chi connectivity index (χ1v) is 6.61. The minimum atomic E-state index is -4.17. The molecule has 0 aliphatic rings. The Morgan fingerprint density at radius 2 is 2.11 bits per heavy atom. The summed E-state index contributed by atoms with van der Waals surface area (Å²) < 4.78 is 15.2. The minimum Gasteiger partial charge on any atom is -0.391 e. The van der Waals surface area contributed by atoms with Crippen LogP contribution >= 0.6 is 7.60 Å². The predicted octanol–water partition coefficient (Wildman–Crippen LogP) is -1.50. The summed E-state index contributed by atoms with van der Waals surface area (Å²) in [5.74, 6) is 0.00358. The number of aromatic nitrogens is 2.